The van der Waals surface area contributed by atoms with Crippen molar-refractivity contribution in [3.63, 3.8) is 0 Å². The lowest BCUT2D eigenvalue weighted by molar-refractivity contribution is 0.0750. The summed E-state index contributed by atoms with van der Waals surface area (Å²) in [4.78, 5) is 17.2. The van der Waals surface area contributed by atoms with Gasteiger partial charge in [-0.2, -0.15) is 0 Å². The average molecular weight is 411 g/mol. The SMILES string of the molecule is CCOc1ccc(-c2ccc(N3CCN(C(=O)c4snnc4C)CC3)nn2)cc1. The normalized spacial score (nSPS) is 14.1. The Morgan fingerprint density at radius 3 is 2.38 bits per heavy atom. The molecule has 1 saturated heterocycles. The van der Waals surface area contributed by atoms with Crippen LogP contribution < -0.4 is 9.64 Å². The molecule has 9 heteroatoms. The summed E-state index contributed by atoms with van der Waals surface area (Å²) in [5.74, 6) is 1.68. The number of hydrogen-bond acceptors (Lipinski definition) is 8. The Bertz CT molecular complexity index is 965. The molecule has 0 saturated carbocycles. The fraction of sp³-hybridized carbons (Fsp3) is 0.350. The van der Waals surface area contributed by atoms with Crippen molar-refractivity contribution in [1.82, 2.24) is 24.7 Å². The number of nitrogens with zero attached hydrogens (tertiary/aromatic N) is 6. The largest absolute Gasteiger partial charge is 0.494 e. The van der Waals surface area contributed by atoms with E-state index in [0.29, 0.717) is 43.4 Å². The Labute approximate surface area is 173 Å². The van der Waals surface area contributed by atoms with E-state index < -0.39 is 0 Å². The van der Waals surface area contributed by atoms with E-state index in [4.69, 9.17) is 4.74 Å². The summed E-state index contributed by atoms with van der Waals surface area (Å²) in [6.45, 7) is 7.13. The van der Waals surface area contributed by atoms with E-state index in [-0.39, 0.29) is 5.91 Å². The van der Waals surface area contributed by atoms with Crippen LogP contribution in [0.5, 0.6) is 5.75 Å². The van der Waals surface area contributed by atoms with E-state index >= 15 is 0 Å². The van der Waals surface area contributed by atoms with Crippen molar-refractivity contribution in [2.24, 2.45) is 0 Å². The average Bonchev–Trinajstić information content (AvgIpc) is 3.20. The first-order valence-electron chi connectivity index (χ1n) is 9.56. The first-order chi connectivity index (χ1) is 14.2. The van der Waals surface area contributed by atoms with Crippen molar-refractivity contribution in [1.29, 1.82) is 0 Å². The summed E-state index contributed by atoms with van der Waals surface area (Å²) in [7, 11) is 0. The second-order valence-corrected chi connectivity index (χ2v) is 7.46. The Balaban J connectivity index is 1.38. The van der Waals surface area contributed by atoms with E-state index in [1.807, 2.05) is 55.1 Å². The lowest BCUT2D eigenvalue weighted by atomic mass is 10.1. The van der Waals surface area contributed by atoms with Crippen molar-refractivity contribution >= 4 is 23.3 Å². The predicted molar refractivity (Wildman–Crippen MR) is 111 cm³/mol. The molecule has 0 radical (unpaired) electrons. The van der Waals surface area contributed by atoms with Crippen LogP contribution in [0.15, 0.2) is 36.4 Å². The van der Waals surface area contributed by atoms with Gasteiger partial charge in [-0.25, -0.2) is 0 Å². The minimum absolute atomic E-state index is 0.00841. The summed E-state index contributed by atoms with van der Waals surface area (Å²) < 4.78 is 9.33. The van der Waals surface area contributed by atoms with Gasteiger partial charge >= 0.3 is 0 Å². The van der Waals surface area contributed by atoms with Gasteiger partial charge in [0.05, 0.1) is 18.0 Å². The van der Waals surface area contributed by atoms with Gasteiger partial charge in [-0.1, -0.05) is 4.49 Å². The molecule has 2 aromatic heterocycles. The van der Waals surface area contributed by atoms with Gasteiger partial charge in [0, 0.05) is 31.7 Å². The lowest BCUT2D eigenvalue weighted by Gasteiger charge is -2.34. The molecule has 4 rings (SSSR count). The number of carbonyl (C=O) groups is 1. The molecule has 0 bridgehead atoms. The van der Waals surface area contributed by atoms with Gasteiger partial charge in [0.2, 0.25) is 0 Å². The zero-order valence-electron chi connectivity index (χ0n) is 16.4. The number of aryl methyl sites for hydroxylation is 1. The van der Waals surface area contributed by atoms with Crippen LogP contribution in [0.3, 0.4) is 0 Å². The number of anilines is 1. The van der Waals surface area contributed by atoms with Crippen LogP contribution >= 0.6 is 11.5 Å². The highest BCUT2D eigenvalue weighted by Crippen LogP contribution is 2.22. The molecular weight excluding hydrogens is 388 g/mol. The van der Waals surface area contributed by atoms with Crippen molar-refractivity contribution in [3.05, 3.63) is 47.0 Å². The van der Waals surface area contributed by atoms with E-state index in [0.717, 1.165) is 34.4 Å². The molecule has 8 nitrogen and oxygen atoms in total. The molecule has 1 aliphatic heterocycles. The van der Waals surface area contributed by atoms with E-state index in [1.165, 1.54) is 0 Å². The number of benzene rings is 1. The van der Waals surface area contributed by atoms with Gasteiger partial charge in [-0.3, -0.25) is 4.79 Å². The van der Waals surface area contributed by atoms with Crippen LogP contribution in [0.2, 0.25) is 0 Å². The summed E-state index contributed by atoms with van der Waals surface area (Å²) in [6, 6.07) is 11.8. The van der Waals surface area contributed by atoms with Crippen LogP contribution in [-0.4, -0.2) is 63.4 Å². The maximum Gasteiger partial charge on any atom is 0.267 e. The molecule has 0 atom stereocenters. The number of piperazine rings is 1. The van der Waals surface area contributed by atoms with Gasteiger partial charge in [0.1, 0.15) is 10.6 Å². The van der Waals surface area contributed by atoms with Crippen LogP contribution in [0.1, 0.15) is 22.3 Å². The van der Waals surface area contributed by atoms with Crippen LogP contribution in [0.4, 0.5) is 5.82 Å². The number of carbonyl (C=O) groups excluding carboxylic acids is 1. The van der Waals surface area contributed by atoms with Crippen LogP contribution in [-0.2, 0) is 0 Å². The molecule has 1 aromatic carbocycles. The fourth-order valence-corrected chi connectivity index (χ4v) is 3.87. The molecule has 3 heterocycles. The number of ether oxygens (including phenoxy) is 1. The number of aromatic nitrogens is 4. The second-order valence-electron chi connectivity index (χ2n) is 6.70. The molecule has 0 unspecified atom stereocenters. The number of hydrogen-bond donors (Lipinski definition) is 0. The smallest absolute Gasteiger partial charge is 0.267 e. The van der Waals surface area contributed by atoms with E-state index in [9.17, 15) is 4.79 Å². The third-order valence-corrected chi connectivity index (χ3v) is 5.66. The Morgan fingerprint density at radius 1 is 1.03 bits per heavy atom. The zero-order valence-corrected chi connectivity index (χ0v) is 17.2. The number of amides is 1. The molecule has 0 N–H and O–H groups in total. The molecule has 3 aromatic rings. The molecule has 1 fully saturated rings. The van der Waals surface area contributed by atoms with Crippen molar-refractivity contribution in [2.45, 2.75) is 13.8 Å². The first-order valence-corrected chi connectivity index (χ1v) is 10.3. The maximum atomic E-state index is 12.6. The minimum Gasteiger partial charge on any atom is -0.494 e. The number of rotatable bonds is 5. The van der Waals surface area contributed by atoms with Crippen molar-refractivity contribution < 1.29 is 9.53 Å². The van der Waals surface area contributed by atoms with Crippen molar-refractivity contribution in [2.75, 3.05) is 37.7 Å². The molecule has 1 aliphatic rings. The lowest BCUT2D eigenvalue weighted by Crippen LogP contribution is -2.49. The van der Waals surface area contributed by atoms with Crippen LogP contribution in [0, 0.1) is 6.92 Å². The predicted octanol–water partition coefficient (Wildman–Crippen LogP) is 2.66. The van der Waals surface area contributed by atoms with Gasteiger partial charge in [0.15, 0.2) is 5.82 Å². The zero-order chi connectivity index (χ0) is 20.2. The standard InChI is InChI=1S/C20H22N6O2S/c1-3-28-16-6-4-15(5-7-16)17-8-9-18(23-22-17)25-10-12-26(13-11-25)20(27)19-14(2)21-24-29-19/h4-9H,3,10-13H2,1-2H3. The van der Waals surface area contributed by atoms with Gasteiger partial charge in [0.25, 0.3) is 5.91 Å². The van der Waals surface area contributed by atoms with Gasteiger partial charge in [-0.05, 0) is 61.8 Å². The molecule has 0 aliphatic carbocycles. The highest BCUT2D eigenvalue weighted by atomic mass is 32.1. The van der Waals surface area contributed by atoms with Gasteiger partial charge in [-0.15, -0.1) is 15.3 Å². The third kappa shape index (κ3) is 4.19. The Morgan fingerprint density at radius 2 is 1.79 bits per heavy atom. The van der Waals surface area contributed by atoms with Gasteiger partial charge < -0.3 is 14.5 Å². The first kappa shape index (κ1) is 19.3. The molecule has 0 spiro atoms. The summed E-state index contributed by atoms with van der Waals surface area (Å²) in [5.41, 5.74) is 2.51. The highest BCUT2D eigenvalue weighted by molar-refractivity contribution is 7.07. The maximum absolute atomic E-state index is 12.6. The Kier molecular flexibility index (Phi) is 5.66. The van der Waals surface area contributed by atoms with E-state index in [1.54, 1.807) is 0 Å². The van der Waals surface area contributed by atoms with Crippen molar-refractivity contribution in [3.8, 4) is 17.0 Å². The monoisotopic (exact) mass is 410 g/mol. The molecule has 29 heavy (non-hydrogen) atoms. The molecule has 150 valence electrons. The third-order valence-electron chi connectivity index (χ3n) is 4.85. The molecular formula is C20H22N6O2S. The highest BCUT2D eigenvalue weighted by Gasteiger charge is 2.25. The van der Waals surface area contributed by atoms with Crippen LogP contribution in [0.25, 0.3) is 11.3 Å². The Hall–Kier alpha value is -3.07. The fourth-order valence-electron chi connectivity index (χ4n) is 3.25. The van der Waals surface area contributed by atoms with E-state index in [2.05, 4.69) is 24.7 Å². The minimum atomic E-state index is 0.00841. The summed E-state index contributed by atoms with van der Waals surface area (Å²) >= 11 is 1.16. The second kappa shape index (κ2) is 8.52. The topological polar surface area (TPSA) is 84.3 Å². The quantitative estimate of drug-likeness (QED) is 0.639. The summed E-state index contributed by atoms with van der Waals surface area (Å²) in [5, 5.41) is 12.7. The molecule has 1 amide bonds. The summed E-state index contributed by atoms with van der Waals surface area (Å²) in [6.07, 6.45) is 0.